The Hall–Kier alpha value is -2.43. The van der Waals surface area contributed by atoms with Crippen LogP contribution in [-0.4, -0.2) is 33.6 Å². The molecular formula is C21H28N4O. The lowest BCUT2D eigenvalue weighted by Crippen LogP contribution is -2.31. The van der Waals surface area contributed by atoms with Gasteiger partial charge in [0.05, 0.1) is 0 Å². The molecule has 5 nitrogen and oxygen atoms in total. The fourth-order valence-electron chi connectivity index (χ4n) is 3.45. The zero-order chi connectivity index (χ0) is 18.2. The van der Waals surface area contributed by atoms with Gasteiger partial charge in [0.15, 0.2) is 5.69 Å². The Morgan fingerprint density at radius 2 is 1.77 bits per heavy atom. The molecule has 0 aliphatic heterocycles. The Morgan fingerprint density at radius 1 is 1.04 bits per heavy atom. The molecule has 2 aromatic rings. The molecule has 0 saturated heterocycles. The molecule has 138 valence electrons. The zero-order valence-electron chi connectivity index (χ0n) is 15.5. The third-order valence-electron chi connectivity index (χ3n) is 4.98. The Morgan fingerprint density at radius 3 is 2.38 bits per heavy atom. The van der Waals surface area contributed by atoms with Crippen molar-refractivity contribution in [1.82, 2.24) is 15.1 Å². The van der Waals surface area contributed by atoms with Crippen LogP contribution in [0.4, 0.5) is 5.82 Å². The Kier molecular flexibility index (Phi) is 6.58. The second kappa shape index (κ2) is 9.32. The highest BCUT2D eigenvalue weighted by Crippen LogP contribution is 2.20. The van der Waals surface area contributed by atoms with E-state index >= 15 is 0 Å². The van der Waals surface area contributed by atoms with E-state index in [1.165, 1.54) is 38.5 Å². The van der Waals surface area contributed by atoms with Crippen LogP contribution in [0.1, 0.15) is 61.5 Å². The highest BCUT2D eigenvalue weighted by atomic mass is 16.2. The van der Waals surface area contributed by atoms with E-state index in [2.05, 4.69) is 15.5 Å². The molecule has 1 heterocycles. The second-order valence-corrected chi connectivity index (χ2v) is 6.94. The average Bonchev–Trinajstić information content (AvgIpc) is 2.96. The largest absolute Gasteiger partial charge is 0.366 e. The summed E-state index contributed by atoms with van der Waals surface area (Å²) < 4.78 is 0. The number of nitrogens with zero attached hydrogens (tertiary/aromatic N) is 3. The van der Waals surface area contributed by atoms with Gasteiger partial charge in [0.1, 0.15) is 5.82 Å². The minimum atomic E-state index is -0.0788. The van der Waals surface area contributed by atoms with Crippen molar-refractivity contribution in [1.29, 1.82) is 0 Å². The number of aromatic nitrogens is 2. The lowest BCUT2D eigenvalue weighted by atomic mass is 10.1. The van der Waals surface area contributed by atoms with Gasteiger partial charge < -0.3 is 10.2 Å². The van der Waals surface area contributed by atoms with E-state index in [1.807, 2.05) is 43.3 Å². The lowest BCUT2D eigenvalue weighted by Gasteiger charge is -2.21. The number of hydrogen-bond donors (Lipinski definition) is 1. The van der Waals surface area contributed by atoms with Crippen molar-refractivity contribution in [3.8, 4) is 0 Å². The average molecular weight is 352 g/mol. The minimum Gasteiger partial charge on any atom is -0.366 e. The molecule has 0 unspecified atom stereocenters. The number of carbonyl (C=O) groups excluding carboxylic acids is 1. The molecule has 5 heteroatoms. The van der Waals surface area contributed by atoms with Gasteiger partial charge in [-0.05, 0) is 37.5 Å². The van der Waals surface area contributed by atoms with Crippen molar-refractivity contribution >= 4 is 11.7 Å². The number of nitrogens with one attached hydrogen (secondary N) is 1. The molecule has 1 aromatic heterocycles. The van der Waals surface area contributed by atoms with Crippen LogP contribution in [0.25, 0.3) is 0 Å². The van der Waals surface area contributed by atoms with Gasteiger partial charge in [-0.15, -0.1) is 10.2 Å². The van der Waals surface area contributed by atoms with Crippen molar-refractivity contribution in [3.05, 3.63) is 53.7 Å². The summed E-state index contributed by atoms with van der Waals surface area (Å²) in [5, 5.41) is 11.9. The van der Waals surface area contributed by atoms with Crippen LogP contribution in [0.5, 0.6) is 0 Å². The number of anilines is 1. The normalized spacial score (nSPS) is 15.3. The first-order valence-electron chi connectivity index (χ1n) is 9.69. The predicted molar refractivity (Wildman–Crippen MR) is 104 cm³/mol. The van der Waals surface area contributed by atoms with Crippen molar-refractivity contribution in [2.75, 3.05) is 11.9 Å². The molecule has 1 fully saturated rings. The number of carbonyl (C=O) groups is 1. The number of rotatable bonds is 6. The highest BCUT2D eigenvalue weighted by molar-refractivity contribution is 5.92. The minimum absolute atomic E-state index is 0.0788. The summed E-state index contributed by atoms with van der Waals surface area (Å²) in [4.78, 5) is 14.5. The molecule has 1 saturated carbocycles. The van der Waals surface area contributed by atoms with E-state index in [9.17, 15) is 4.79 Å². The summed E-state index contributed by atoms with van der Waals surface area (Å²) in [6, 6.07) is 14.1. The monoisotopic (exact) mass is 352 g/mol. The number of hydrogen-bond acceptors (Lipinski definition) is 4. The third-order valence-corrected chi connectivity index (χ3v) is 4.98. The zero-order valence-corrected chi connectivity index (χ0v) is 15.5. The van der Waals surface area contributed by atoms with Gasteiger partial charge in [0, 0.05) is 19.1 Å². The number of benzene rings is 1. The van der Waals surface area contributed by atoms with Crippen LogP contribution < -0.4 is 5.32 Å². The van der Waals surface area contributed by atoms with Gasteiger partial charge in [-0.25, -0.2) is 0 Å². The molecule has 0 radical (unpaired) electrons. The van der Waals surface area contributed by atoms with Crippen LogP contribution in [0.15, 0.2) is 42.5 Å². The molecule has 0 spiro atoms. The van der Waals surface area contributed by atoms with E-state index in [4.69, 9.17) is 0 Å². The summed E-state index contributed by atoms with van der Waals surface area (Å²) in [5.41, 5.74) is 1.51. The fourth-order valence-corrected chi connectivity index (χ4v) is 3.45. The molecule has 1 aromatic carbocycles. The smallest absolute Gasteiger partial charge is 0.274 e. The molecule has 3 rings (SSSR count). The fraction of sp³-hybridized carbons (Fsp3) is 0.476. The van der Waals surface area contributed by atoms with Crippen LogP contribution >= 0.6 is 0 Å². The second-order valence-electron chi connectivity index (χ2n) is 6.94. The van der Waals surface area contributed by atoms with Gasteiger partial charge in [0.2, 0.25) is 0 Å². The van der Waals surface area contributed by atoms with E-state index in [1.54, 1.807) is 11.0 Å². The van der Waals surface area contributed by atoms with E-state index in [0.29, 0.717) is 24.8 Å². The van der Waals surface area contributed by atoms with Crippen molar-refractivity contribution in [2.24, 2.45) is 0 Å². The molecule has 1 amide bonds. The van der Waals surface area contributed by atoms with Crippen molar-refractivity contribution < 1.29 is 4.79 Å². The molecule has 0 atom stereocenters. The first-order chi connectivity index (χ1) is 12.8. The Bertz CT molecular complexity index is 679. The molecule has 1 aliphatic rings. The van der Waals surface area contributed by atoms with Gasteiger partial charge in [-0.1, -0.05) is 56.0 Å². The molecular weight excluding hydrogens is 324 g/mol. The topological polar surface area (TPSA) is 58.1 Å². The molecule has 1 N–H and O–H groups in total. The first kappa shape index (κ1) is 18.4. The Labute approximate surface area is 155 Å². The summed E-state index contributed by atoms with van der Waals surface area (Å²) in [5.74, 6) is 0.685. The first-order valence-corrected chi connectivity index (χ1v) is 9.69. The molecule has 0 bridgehead atoms. The van der Waals surface area contributed by atoms with Crippen LogP contribution in [-0.2, 0) is 6.54 Å². The number of amides is 1. The lowest BCUT2D eigenvalue weighted by molar-refractivity contribution is 0.0745. The maximum Gasteiger partial charge on any atom is 0.274 e. The maximum atomic E-state index is 12.7. The maximum absolute atomic E-state index is 12.7. The van der Waals surface area contributed by atoms with E-state index in [-0.39, 0.29) is 5.91 Å². The Balaban J connectivity index is 1.61. The van der Waals surface area contributed by atoms with Gasteiger partial charge in [-0.2, -0.15) is 0 Å². The summed E-state index contributed by atoms with van der Waals surface area (Å²) in [6.45, 7) is 3.20. The molecule has 26 heavy (non-hydrogen) atoms. The van der Waals surface area contributed by atoms with E-state index in [0.717, 1.165) is 11.4 Å². The van der Waals surface area contributed by atoms with Crippen LogP contribution in [0.3, 0.4) is 0 Å². The van der Waals surface area contributed by atoms with Crippen molar-refractivity contribution in [2.45, 2.75) is 58.0 Å². The van der Waals surface area contributed by atoms with Crippen LogP contribution in [0, 0.1) is 0 Å². The highest BCUT2D eigenvalue weighted by Gasteiger charge is 2.17. The van der Waals surface area contributed by atoms with E-state index < -0.39 is 0 Å². The SMILES string of the molecule is CCN(Cc1ccccc1)C(=O)c1ccc(NC2CCCCCC2)nn1. The van der Waals surface area contributed by atoms with Crippen LogP contribution in [0.2, 0.25) is 0 Å². The quantitative estimate of drug-likeness (QED) is 0.789. The van der Waals surface area contributed by atoms with Gasteiger partial charge in [0.25, 0.3) is 5.91 Å². The van der Waals surface area contributed by atoms with Gasteiger partial charge in [-0.3, -0.25) is 4.79 Å². The summed E-state index contributed by atoms with van der Waals surface area (Å²) in [7, 11) is 0. The third kappa shape index (κ3) is 5.04. The van der Waals surface area contributed by atoms with Gasteiger partial charge >= 0.3 is 0 Å². The van der Waals surface area contributed by atoms with Crippen molar-refractivity contribution in [3.63, 3.8) is 0 Å². The summed E-state index contributed by atoms with van der Waals surface area (Å²) >= 11 is 0. The predicted octanol–water partition coefficient (Wildman–Crippen LogP) is 4.27. The standard InChI is InChI=1S/C21H28N4O/c1-2-25(16-17-10-6-5-7-11-17)21(26)19-14-15-20(24-23-19)22-18-12-8-3-4-9-13-18/h5-7,10-11,14-15,18H,2-4,8-9,12-13,16H2,1H3,(H,22,24). The summed E-state index contributed by atoms with van der Waals surface area (Å²) in [6.07, 6.45) is 7.56. The molecule has 1 aliphatic carbocycles.